The van der Waals surface area contributed by atoms with Gasteiger partial charge in [-0.3, -0.25) is 38.1 Å². The fraction of sp³-hybridized carbons (Fsp3) is 0.737. The first kappa shape index (κ1) is 54.3. The number of nitrogens with zero attached hydrogens (tertiary/aromatic N) is 3. The number of aromatic nitrogens is 2. The number of ether oxygens (including phenoxy) is 2. The maximum Gasteiger partial charge on any atom is 0.469 e. The number of ketones is 2. The molecule has 1 aromatic rings. The highest BCUT2D eigenvalue weighted by Gasteiger charge is 2.38. The van der Waals surface area contributed by atoms with Crippen molar-refractivity contribution < 1.29 is 67.0 Å². The van der Waals surface area contributed by atoms with Crippen LogP contribution >= 0.6 is 20.5 Å². The van der Waals surface area contributed by atoms with Crippen LogP contribution in [0.15, 0.2) is 12.5 Å². The molecule has 22 nitrogen and oxygen atoms in total. The standard InChI is InChI=1S/C38H65N8O14PS/c1-5-45-22-41-19-26(45)16-25(36(52)44-30(20-47)33(49)18-27(35(40)51)24(4)60-61(55,56)57)17-32(48)29(15-23(2)3)43-38(54)31-7-6-10-46(31)34(50)8-11-58-13-14-59-12-9-42-37(53)28(39)21-62/h19,22-25,27-31,47,62H,5-18,20-21,39H2,1-4H3,(H2,40,51)(H,42,53)(H,43,54)(H,44,52)(H2,55,56,57)/t24-,25-,27+,28+,29+,30+,31+/m1/s1. The molecule has 0 unspecified atom stereocenters. The zero-order valence-electron chi connectivity index (χ0n) is 35.8. The zero-order valence-corrected chi connectivity index (χ0v) is 37.6. The summed E-state index contributed by atoms with van der Waals surface area (Å²) < 4.78 is 28.6. The molecule has 7 atom stereocenters. The van der Waals surface area contributed by atoms with Crippen molar-refractivity contribution in [1.29, 1.82) is 0 Å². The van der Waals surface area contributed by atoms with Crippen molar-refractivity contribution in [3.63, 3.8) is 0 Å². The number of hydrogen-bond acceptors (Lipinski definition) is 15. The SMILES string of the molecule is CCn1cncc1C[C@H](CC(=O)[C@H](CC(C)C)NC(=O)[C@@H]1CCCN1C(=O)CCOCCOCCNC(=O)[C@@H](N)CS)C(=O)N[C@@H](CO)C(=O)C[C@H](C(N)=O)[C@@H](C)OP(=O)(O)O. The summed E-state index contributed by atoms with van der Waals surface area (Å²) in [5.41, 5.74) is 11.6. The van der Waals surface area contributed by atoms with Gasteiger partial charge in [0.2, 0.25) is 29.5 Å². The van der Waals surface area contributed by atoms with E-state index in [1.165, 1.54) is 11.1 Å². The van der Waals surface area contributed by atoms with Crippen LogP contribution < -0.4 is 27.4 Å². The van der Waals surface area contributed by atoms with Crippen LogP contribution in [0.1, 0.15) is 71.9 Å². The minimum absolute atomic E-state index is 0.00165. The van der Waals surface area contributed by atoms with Crippen LogP contribution in [0.25, 0.3) is 0 Å². The van der Waals surface area contributed by atoms with Crippen LogP contribution in [0.4, 0.5) is 0 Å². The summed E-state index contributed by atoms with van der Waals surface area (Å²) in [7, 11) is -5.07. The van der Waals surface area contributed by atoms with Gasteiger partial charge in [0, 0.05) is 56.5 Å². The molecule has 0 aliphatic carbocycles. The van der Waals surface area contributed by atoms with Gasteiger partial charge in [-0.1, -0.05) is 13.8 Å². The Bertz CT molecular complexity index is 1700. The molecular weight excluding hydrogens is 856 g/mol. The number of aliphatic hydroxyl groups is 1. The first-order valence-electron chi connectivity index (χ1n) is 20.6. The number of Topliss-reactive ketones (excluding diaryl/α,β-unsaturated/α-hetero) is 2. The minimum atomic E-state index is -5.07. The van der Waals surface area contributed by atoms with E-state index in [0.717, 1.165) is 6.92 Å². The highest BCUT2D eigenvalue weighted by molar-refractivity contribution is 7.80. The van der Waals surface area contributed by atoms with Crippen molar-refractivity contribution in [2.75, 3.05) is 51.9 Å². The lowest BCUT2D eigenvalue weighted by Crippen LogP contribution is -2.52. The Morgan fingerprint density at radius 3 is 2.24 bits per heavy atom. The van der Waals surface area contributed by atoms with Crippen molar-refractivity contribution in [2.24, 2.45) is 29.2 Å². The van der Waals surface area contributed by atoms with E-state index in [1.54, 1.807) is 10.9 Å². The second-order valence-corrected chi connectivity index (χ2v) is 17.0. The highest BCUT2D eigenvalue weighted by Crippen LogP contribution is 2.39. The third-order valence-electron chi connectivity index (χ3n) is 10.2. The van der Waals surface area contributed by atoms with Crippen LogP contribution in [-0.4, -0.2) is 153 Å². The number of phosphoric ester groups is 1. The van der Waals surface area contributed by atoms with Gasteiger partial charge in [0.15, 0.2) is 11.6 Å². The van der Waals surface area contributed by atoms with E-state index < -0.39 is 98.7 Å². The lowest BCUT2D eigenvalue weighted by molar-refractivity contribution is -0.140. The Labute approximate surface area is 366 Å². The smallest absolute Gasteiger partial charge is 0.394 e. The van der Waals surface area contributed by atoms with Crippen molar-refractivity contribution >= 4 is 61.6 Å². The van der Waals surface area contributed by atoms with Crippen LogP contribution in [0, 0.1) is 17.8 Å². The lowest BCUT2D eigenvalue weighted by Gasteiger charge is -2.28. The maximum atomic E-state index is 14.1. The van der Waals surface area contributed by atoms with Gasteiger partial charge in [0.1, 0.15) is 12.1 Å². The van der Waals surface area contributed by atoms with Gasteiger partial charge in [0.25, 0.3) is 0 Å². The molecule has 1 aromatic heterocycles. The number of primary amides is 1. The molecule has 0 bridgehead atoms. The summed E-state index contributed by atoms with van der Waals surface area (Å²) >= 11 is 3.98. The first-order valence-corrected chi connectivity index (χ1v) is 22.8. The average Bonchev–Trinajstić information content (AvgIpc) is 3.89. The molecule has 0 radical (unpaired) electrons. The number of aliphatic hydroxyl groups excluding tert-OH is 1. The van der Waals surface area contributed by atoms with Crippen LogP contribution in [0.3, 0.4) is 0 Å². The molecule has 2 heterocycles. The predicted octanol–water partition coefficient (Wildman–Crippen LogP) is -1.62. The van der Waals surface area contributed by atoms with Crippen molar-refractivity contribution in [3.05, 3.63) is 18.2 Å². The Morgan fingerprint density at radius 1 is 0.984 bits per heavy atom. The van der Waals surface area contributed by atoms with E-state index in [9.17, 15) is 53.0 Å². The fourth-order valence-corrected chi connectivity index (χ4v) is 7.54. The second-order valence-electron chi connectivity index (χ2n) is 15.5. The summed E-state index contributed by atoms with van der Waals surface area (Å²) in [6.07, 6.45) is 1.53. The molecule has 1 saturated heterocycles. The molecule has 0 spiro atoms. The van der Waals surface area contributed by atoms with E-state index >= 15 is 0 Å². The lowest BCUT2D eigenvalue weighted by atomic mass is 9.89. The molecule has 24 heteroatoms. The molecule has 1 aliphatic rings. The summed E-state index contributed by atoms with van der Waals surface area (Å²) in [5.74, 6) is -6.98. The minimum Gasteiger partial charge on any atom is -0.394 e. The predicted molar refractivity (Wildman–Crippen MR) is 226 cm³/mol. The number of rotatable bonds is 31. The largest absolute Gasteiger partial charge is 0.469 e. The highest BCUT2D eigenvalue weighted by atomic mass is 32.1. The number of nitrogens with two attached hydrogens (primary N) is 2. The number of amides is 5. The number of aryl methyl sites for hydroxylation is 1. The van der Waals surface area contributed by atoms with E-state index in [4.69, 9.17) is 20.9 Å². The average molecular weight is 921 g/mol. The molecule has 1 aliphatic heterocycles. The van der Waals surface area contributed by atoms with E-state index in [2.05, 4.69) is 38.1 Å². The summed E-state index contributed by atoms with van der Waals surface area (Å²) in [4.78, 5) is 116. The molecule has 2 rings (SSSR count). The maximum absolute atomic E-state index is 14.1. The monoisotopic (exact) mass is 920 g/mol. The van der Waals surface area contributed by atoms with E-state index in [1.807, 2.05) is 20.8 Å². The number of thiol groups is 1. The van der Waals surface area contributed by atoms with E-state index in [-0.39, 0.29) is 75.7 Å². The van der Waals surface area contributed by atoms with Crippen molar-refractivity contribution in [3.8, 4) is 0 Å². The quantitative estimate of drug-likeness (QED) is 0.0230. The van der Waals surface area contributed by atoms with Crippen LogP contribution in [0.2, 0.25) is 0 Å². The number of imidazole rings is 1. The van der Waals surface area contributed by atoms with Gasteiger partial charge in [0.05, 0.1) is 75.8 Å². The summed E-state index contributed by atoms with van der Waals surface area (Å²) in [6.45, 7) is 7.60. The third-order valence-corrected chi connectivity index (χ3v) is 11.2. The van der Waals surface area contributed by atoms with Gasteiger partial charge in [-0.15, -0.1) is 0 Å². The number of carbonyl (C=O) groups is 7. The fourth-order valence-electron chi connectivity index (χ4n) is 6.80. The van der Waals surface area contributed by atoms with Gasteiger partial charge in [-0.05, 0) is 39.0 Å². The Morgan fingerprint density at radius 2 is 1.65 bits per heavy atom. The molecule has 0 aromatic carbocycles. The Balaban J connectivity index is 2.11. The molecular formula is C38H65N8O14PS. The number of likely N-dealkylation sites (tertiary alicyclic amines) is 1. The molecule has 10 N–H and O–H groups in total. The first-order chi connectivity index (χ1) is 29.2. The molecule has 0 saturated carbocycles. The molecule has 352 valence electrons. The number of nitrogens with one attached hydrogen (secondary N) is 3. The zero-order chi connectivity index (χ0) is 46.6. The number of carbonyl (C=O) groups excluding carboxylic acids is 7. The van der Waals surface area contributed by atoms with Gasteiger partial charge >= 0.3 is 7.82 Å². The van der Waals surface area contributed by atoms with Crippen molar-refractivity contribution in [1.82, 2.24) is 30.4 Å². The summed E-state index contributed by atoms with van der Waals surface area (Å²) in [5, 5.41) is 18.0. The van der Waals surface area contributed by atoms with Gasteiger partial charge in [-0.2, -0.15) is 12.6 Å². The summed E-state index contributed by atoms with van der Waals surface area (Å²) in [6, 6.07) is -4.19. The molecule has 62 heavy (non-hydrogen) atoms. The normalized spacial score (nSPS) is 17.1. The number of phosphoric acid groups is 1. The van der Waals surface area contributed by atoms with Crippen LogP contribution in [0.5, 0.6) is 0 Å². The molecule has 1 fully saturated rings. The topological polar surface area (TPSA) is 334 Å². The number of hydrogen-bond donors (Lipinski definition) is 9. The Kier molecular flexibility index (Phi) is 24.0. The van der Waals surface area contributed by atoms with Gasteiger partial charge < -0.3 is 61.3 Å². The van der Waals surface area contributed by atoms with Crippen LogP contribution in [-0.2, 0) is 65.1 Å². The van der Waals surface area contributed by atoms with E-state index in [0.29, 0.717) is 31.6 Å². The third kappa shape index (κ3) is 18.9. The van der Waals surface area contributed by atoms with Gasteiger partial charge in [-0.25, -0.2) is 9.55 Å². The Hall–Kier alpha value is -3.80. The molecule has 5 amide bonds. The second kappa shape index (κ2) is 27.4. The van der Waals surface area contributed by atoms with Crippen molar-refractivity contribution in [2.45, 2.75) is 109 Å².